The number of halogens is 3. The van der Waals surface area contributed by atoms with Crippen molar-refractivity contribution in [2.75, 3.05) is 44.2 Å². The third-order valence-electron chi connectivity index (χ3n) is 6.40. The summed E-state index contributed by atoms with van der Waals surface area (Å²) in [4.78, 5) is 3.26. The first-order valence-corrected chi connectivity index (χ1v) is 11.1. The van der Waals surface area contributed by atoms with E-state index >= 15 is 0 Å². The van der Waals surface area contributed by atoms with Gasteiger partial charge in [-0.2, -0.15) is 13.2 Å². The average molecular weight is 430 g/mol. The summed E-state index contributed by atoms with van der Waals surface area (Å²) in [6, 6.07) is 5.53. The molecular formula is C23H36F3N2O2+. The normalized spacial score (nSPS) is 26.6. The number of nitrogens with one attached hydrogen (secondary N) is 1. The molecule has 1 aromatic carbocycles. The molecule has 2 fully saturated rings. The van der Waals surface area contributed by atoms with Gasteiger partial charge in [-0.15, -0.1) is 0 Å². The molecule has 1 saturated heterocycles. The molecule has 0 unspecified atom stereocenters. The molecule has 1 aromatic rings. The Balaban J connectivity index is 1.42. The Labute approximate surface area is 178 Å². The second-order valence-corrected chi connectivity index (χ2v) is 10.0. The number of alkyl halides is 3. The summed E-state index contributed by atoms with van der Waals surface area (Å²) in [6.07, 6.45) is -1.31. The Morgan fingerprint density at radius 3 is 2.57 bits per heavy atom. The summed E-state index contributed by atoms with van der Waals surface area (Å²) < 4.78 is 44.9. The average Bonchev–Trinajstić information content (AvgIpc) is 2.65. The standard InChI is InChI=1S/C23H35F3N2O2/c1-17-11-21(14-22(2,3)13-17)30-16-20(29)15-27-7-9-28(10-8-27)19-6-4-5-18(12-19)23(24,25)26/h4-6,12,17,20-21,29H,7-11,13-16H2,1-3H3/p+1/t17-,20-,21+/m1/s1. The van der Waals surface area contributed by atoms with E-state index in [-0.39, 0.29) is 11.5 Å². The van der Waals surface area contributed by atoms with E-state index < -0.39 is 17.8 Å². The van der Waals surface area contributed by atoms with E-state index in [1.54, 1.807) is 6.07 Å². The number of aliphatic hydroxyl groups is 1. The Morgan fingerprint density at radius 1 is 1.23 bits per heavy atom. The highest BCUT2D eigenvalue weighted by molar-refractivity contribution is 5.49. The first-order valence-electron chi connectivity index (χ1n) is 11.1. The van der Waals surface area contributed by atoms with Gasteiger partial charge in [-0.05, 0) is 48.8 Å². The smallest absolute Gasteiger partial charge is 0.385 e. The molecule has 1 saturated carbocycles. The lowest BCUT2D eigenvalue weighted by Crippen LogP contribution is -3.16. The molecule has 0 aromatic heterocycles. The van der Waals surface area contributed by atoms with Gasteiger partial charge >= 0.3 is 6.18 Å². The van der Waals surface area contributed by atoms with E-state index in [0.29, 0.717) is 37.8 Å². The first kappa shape index (κ1) is 23.4. The van der Waals surface area contributed by atoms with Gasteiger partial charge in [-0.25, -0.2) is 0 Å². The Bertz CT molecular complexity index is 687. The molecule has 170 valence electrons. The van der Waals surface area contributed by atoms with Crippen molar-refractivity contribution in [2.24, 2.45) is 11.3 Å². The summed E-state index contributed by atoms with van der Waals surface area (Å²) >= 11 is 0. The lowest BCUT2D eigenvalue weighted by molar-refractivity contribution is -0.903. The number of quaternary nitrogens is 1. The highest BCUT2D eigenvalue weighted by Gasteiger charge is 2.33. The summed E-state index contributed by atoms with van der Waals surface area (Å²) in [7, 11) is 0. The second kappa shape index (κ2) is 9.45. The zero-order chi connectivity index (χ0) is 21.9. The van der Waals surface area contributed by atoms with Gasteiger partial charge in [0.05, 0.1) is 44.5 Å². The van der Waals surface area contributed by atoms with Crippen LogP contribution >= 0.6 is 0 Å². The van der Waals surface area contributed by atoms with Gasteiger partial charge in [-0.1, -0.05) is 26.8 Å². The maximum atomic E-state index is 12.9. The predicted octanol–water partition coefficient (Wildman–Crippen LogP) is 3.00. The van der Waals surface area contributed by atoms with Gasteiger partial charge < -0.3 is 19.6 Å². The van der Waals surface area contributed by atoms with Crippen LogP contribution in [0.4, 0.5) is 18.9 Å². The van der Waals surface area contributed by atoms with Crippen LogP contribution in [0.25, 0.3) is 0 Å². The Morgan fingerprint density at radius 2 is 1.93 bits per heavy atom. The molecule has 0 bridgehead atoms. The third kappa shape index (κ3) is 6.59. The SMILES string of the molecule is C[C@@H]1C[C@H](OC[C@H](O)C[NH+]2CCN(c3cccc(C(F)(F)F)c3)CC2)CC(C)(C)C1. The number of piperazine rings is 1. The van der Waals surface area contributed by atoms with E-state index in [2.05, 4.69) is 20.8 Å². The molecule has 3 atom stereocenters. The van der Waals surface area contributed by atoms with Crippen LogP contribution < -0.4 is 9.80 Å². The molecular weight excluding hydrogens is 393 g/mol. The molecule has 1 aliphatic heterocycles. The number of hydrogen-bond donors (Lipinski definition) is 2. The monoisotopic (exact) mass is 429 g/mol. The van der Waals surface area contributed by atoms with Gasteiger partial charge in [0, 0.05) is 5.69 Å². The van der Waals surface area contributed by atoms with Crippen molar-refractivity contribution in [3.05, 3.63) is 29.8 Å². The van der Waals surface area contributed by atoms with Crippen LogP contribution in [0.15, 0.2) is 24.3 Å². The molecule has 4 nitrogen and oxygen atoms in total. The Hall–Kier alpha value is -1.31. The minimum Gasteiger partial charge on any atom is -0.385 e. The number of ether oxygens (including phenoxy) is 1. The number of hydrogen-bond acceptors (Lipinski definition) is 3. The van der Waals surface area contributed by atoms with Crippen molar-refractivity contribution in [3.8, 4) is 0 Å². The van der Waals surface area contributed by atoms with Crippen molar-refractivity contribution in [2.45, 2.75) is 58.4 Å². The zero-order valence-electron chi connectivity index (χ0n) is 18.3. The topological polar surface area (TPSA) is 37.1 Å². The molecule has 30 heavy (non-hydrogen) atoms. The molecule has 1 heterocycles. The highest BCUT2D eigenvalue weighted by atomic mass is 19.4. The van der Waals surface area contributed by atoms with Gasteiger partial charge in [0.15, 0.2) is 0 Å². The highest BCUT2D eigenvalue weighted by Crippen LogP contribution is 2.39. The number of anilines is 1. The molecule has 0 radical (unpaired) electrons. The number of benzene rings is 1. The number of rotatable bonds is 6. The molecule has 1 aliphatic carbocycles. The van der Waals surface area contributed by atoms with E-state index in [1.165, 1.54) is 23.5 Å². The van der Waals surface area contributed by atoms with Gasteiger partial charge in [0.2, 0.25) is 0 Å². The zero-order valence-corrected chi connectivity index (χ0v) is 18.3. The minimum atomic E-state index is -4.32. The quantitative estimate of drug-likeness (QED) is 0.730. The largest absolute Gasteiger partial charge is 0.416 e. The van der Waals surface area contributed by atoms with Crippen LogP contribution in [-0.2, 0) is 10.9 Å². The molecule has 3 rings (SSSR count). The lowest BCUT2D eigenvalue weighted by atomic mass is 9.71. The fraction of sp³-hybridized carbons (Fsp3) is 0.739. The fourth-order valence-electron chi connectivity index (χ4n) is 5.19. The van der Waals surface area contributed by atoms with Crippen LogP contribution in [0.1, 0.15) is 45.6 Å². The van der Waals surface area contributed by atoms with Crippen LogP contribution in [-0.4, -0.2) is 56.6 Å². The maximum Gasteiger partial charge on any atom is 0.416 e. The summed E-state index contributed by atoms with van der Waals surface area (Å²) in [5.41, 5.74) is 0.294. The first-order chi connectivity index (χ1) is 14.0. The fourth-order valence-corrected chi connectivity index (χ4v) is 5.19. The van der Waals surface area contributed by atoms with E-state index in [9.17, 15) is 18.3 Å². The minimum absolute atomic E-state index is 0.214. The van der Waals surface area contributed by atoms with E-state index in [4.69, 9.17) is 4.74 Å². The van der Waals surface area contributed by atoms with Crippen molar-refractivity contribution >= 4 is 5.69 Å². The van der Waals surface area contributed by atoms with Crippen molar-refractivity contribution in [3.63, 3.8) is 0 Å². The number of aliphatic hydroxyl groups excluding tert-OH is 1. The third-order valence-corrected chi connectivity index (χ3v) is 6.40. The van der Waals surface area contributed by atoms with Crippen LogP contribution in [0.2, 0.25) is 0 Å². The molecule has 2 aliphatic rings. The van der Waals surface area contributed by atoms with E-state index in [0.717, 1.165) is 32.0 Å². The predicted molar refractivity (Wildman–Crippen MR) is 112 cm³/mol. The Kier molecular flexibility index (Phi) is 7.36. The maximum absolute atomic E-state index is 12.9. The van der Waals surface area contributed by atoms with E-state index in [1.807, 2.05) is 4.90 Å². The van der Waals surface area contributed by atoms with Gasteiger partial charge in [-0.3, -0.25) is 0 Å². The van der Waals surface area contributed by atoms with Crippen LogP contribution in [0.3, 0.4) is 0 Å². The van der Waals surface area contributed by atoms with Crippen molar-refractivity contribution in [1.29, 1.82) is 0 Å². The summed E-state index contributed by atoms with van der Waals surface area (Å²) in [5, 5.41) is 10.5. The van der Waals surface area contributed by atoms with Gasteiger partial charge in [0.25, 0.3) is 0 Å². The summed E-state index contributed by atoms with van der Waals surface area (Å²) in [6.45, 7) is 10.7. The molecule has 2 N–H and O–H groups in total. The lowest BCUT2D eigenvalue weighted by Gasteiger charge is -2.39. The van der Waals surface area contributed by atoms with Crippen molar-refractivity contribution < 1.29 is 27.9 Å². The van der Waals surface area contributed by atoms with Crippen molar-refractivity contribution in [1.82, 2.24) is 0 Å². The van der Waals surface area contributed by atoms with Crippen LogP contribution in [0.5, 0.6) is 0 Å². The van der Waals surface area contributed by atoms with Gasteiger partial charge in [0.1, 0.15) is 12.6 Å². The molecule has 0 amide bonds. The summed E-state index contributed by atoms with van der Waals surface area (Å²) in [5.74, 6) is 0.644. The molecule has 7 heteroatoms. The second-order valence-electron chi connectivity index (χ2n) is 10.0. The van der Waals surface area contributed by atoms with Crippen LogP contribution in [0, 0.1) is 11.3 Å². The number of nitrogens with zero attached hydrogens (tertiary/aromatic N) is 1. The molecule has 0 spiro atoms.